The second-order valence-corrected chi connectivity index (χ2v) is 6.38. The molecule has 1 aromatic carbocycles. The maximum absolute atomic E-state index is 12.2. The van der Waals surface area contributed by atoms with Gasteiger partial charge in [0.25, 0.3) is 0 Å². The van der Waals surface area contributed by atoms with E-state index in [0.717, 1.165) is 0 Å². The Morgan fingerprint density at radius 1 is 1.30 bits per heavy atom. The molecule has 1 atom stereocenters. The Hall–Kier alpha value is -1.24. The monoisotopic (exact) mass is 396 g/mol. The first kappa shape index (κ1) is 19.8. The fraction of sp³-hybridized carbons (Fsp3) is 0.562. The minimum atomic E-state index is -4.40. The molecular formula is C16H20BrF3O3. The van der Waals surface area contributed by atoms with Crippen molar-refractivity contribution in [1.29, 1.82) is 0 Å². The van der Waals surface area contributed by atoms with E-state index in [1.54, 1.807) is 19.1 Å². The molecule has 1 unspecified atom stereocenters. The minimum Gasteiger partial charge on any atom is -0.483 e. The number of halogens is 4. The molecule has 0 aliphatic rings. The third kappa shape index (κ3) is 6.81. The van der Waals surface area contributed by atoms with Crippen molar-refractivity contribution in [3.63, 3.8) is 0 Å². The van der Waals surface area contributed by atoms with Crippen molar-refractivity contribution in [1.82, 2.24) is 0 Å². The quantitative estimate of drug-likeness (QED) is 0.602. The summed E-state index contributed by atoms with van der Waals surface area (Å²) in [5.41, 5.74) is 0.684. The normalized spacial score (nSPS) is 13.0. The van der Waals surface area contributed by atoms with Gasteiger partial charge in [-0.3, -0.25) is 4.79 Å². The number of benzene rings is 1. The lowest BCUT2D eigenvalue weighted by atomic mass is 9.90. The topological polar surface area (TPSA) is 35.5 Å². The molecule has 0 saturated heterocycles. The number of ether oxygens (including phenoxy) is 2. The summed E-state index contributed by atoms with van der Waals surface area (Å²) in [5.74, 6) is -0.442. The lowest BCUT2D eigenvalue weighted by Crippen LogP contribution is -2.20. The number of hydrogen-bond acceptors (Lipinski definition) is 3. The molecule has 130 valence electrons. The Morgan fingerprint density at radius 2 is 1.96 bits per heavy atom. The molecule has 0 radical (unpaired) electrons. The van der Waals surface area contributed by atoms with Gasteiger partial charge in [0.15, 0.2) is 6.61 Å². The smallest absolute Gasteiger partial charge is 0.422 e. The van der Waals surface area contributed by atoms with Crippen LogP contribution in [0.25, 0.3) is 0 Å². The van der Waals surface area contributed by atoms with Crippen LogP contribution in [0, 0.1) is 5.92 Å². The van der Waals surface area contributed by atoms with Gasteiger partial charge in [-0.05, 0) is 52.9 Å². The fourth-order valence-electron chi connectivity index (χ4n) is 2.09. The lowest BCUT2D eigenvalue weighted by molar-refractivity contribution is -0.153. The van der Waals surface area contributed by atoms with Crippen LogP contribution in [0.3, 0.4) is 0 Å². The van der Waals surface area contributed by atoms with Gasteiger partial charge in [0.1, 0.15) is 5.75 Å². The highest BCUT2D eigenvalue weighted by Gasteiger charge is 2.29. The molecular weight excluding hydrogens is 377 g/mol. The Balaban J connectivity index is 2.96. The summed E-state index contributed by atoms with van der Waals surface area (Å²) < 4.78 is 46.8. The van der Waals surface area contributed by atoms with Crippen LogP contribution in [0.15, 0.2) is 22.7 Å². The number of rotatable bonds is 7. The summed E-state index contributed by atoms with van der Waals surface area (Å²) in [7, 11) is 0. The van der Waals surface area contributed by atoms with Crippen molar-refractivity contribution in [2.75, 3.05) is 13.2 Å². The molecule has 23 heavy (non-hydrogen) atoms. The molecule has 0 aliphatic heterocycles. The van der Waals surface area contributed by atoms with Crippen LogP contribution in [0.4, 0.5) is 13.2 Å². The van der Waals surface area contributed by atoms with Gasteiger partial charge >= 0.3 is 12.1 Å². The van der Waals surface area contributed by atoms with Crippen molar-refractivity contribution in [2.45, 2.75) is 39.3 Å². The maximum atomic E-state index is 12.2. The maximum Gasteiger partial charge on any atom is 0.422 e. The molecule has 0 heterocycles. The molecule has 1 rings (SSSR count). The largest absolute Gasteiger partial charge is 0.483 e. The molecule has 7 heteroatoms. The number of esters is 1. The first-order valence-corrected chi connectivity index (χ1v) is 8.09. The van der Waals surface area contributed by atoms with Crippen molar-refractivity contribution < 1.29 is 27.4 Å². The van der Waals surface area contributed by atoms with E-state index < -0.39 is 18.7 Å². The van der Waals surface area contributed by atoms with Crippen molar-refractivity contribution in [3.05, 3.63) is 28.2 Å². The molecule has 0 amide bonds. The second kappa shape index (κ2) is 8.57. The Labute approximate surface area is 142 Å². The minimum absolute atomic E-state index is 0.0817. The first-order chi connectivity index (χ1) is 10.6. The SMILES string of the molecule is CCOC(=O)C(CC(C)C)c1ccc(OCC(F)(F)F)c(Br)c1. The zero-order valence-electron chi connectivity index (χ0n) is 13.2. The van der Waals surface area contributed by atoms with E-state index in [1.807, 2.05) is 13.8 Å². The summed E-state index contributed by atoms with van der Waals surface area (Å²) in [6.07, 6.45) is -3.81. The summed E-state index contributed by atoms with van der Waals surface area (Å²) >= 11 is 3.19. The highest BCUT2D eigenvalue weighted by Crippen LogP contribution is 2.33. The average molecular weight is 397 g/mol. The standard InChI is InChI=1S/C16H20BrF3O3/c1-4-22-15(21)12(7-10(2)3)11-5-6-14(13(17)8-11)23-9-16(18,19)20/h5-6,8,10,12H,4,7,9H2,1-3H3. The molecule has 0 aliphatic carbocycles. The van der Waals surface area contributed by atoms with E-state index in [0.29, 0.717) is 16.5 Å². The predicted octanol–water partition coefficient (Wildman–Crippen LogP) is 5.08. The second-order valence-electron chi connectivity index (χ2n) is 5.53. The molecule has 0 N–H and O–H groups in total. The van der Waals surface area contributed by atoms with Gasteiger partial charge in [0.05, 0.1) is 17.0 Å². The lowest BCUT2D eigenvalue weighted by Gasteiger charge is -2.19. The highest BCUT2D eigenvalue weighted by atomic mass is 79.9. The van der Waals surface area contributed by atoms with Crippen LogP contribution in [0.5, 0.6) is 5.75 Å². The highest BCUT2D eigenvalue weighted by molar-refractivity contribution is 9.10. The van der Waals surface area contributed by atoms with Gasteiger partial charge in [0.2, 0.25) is 0 Å². The van der Waals surface area contributed by atoms with Gasteiger partial charge in [0, 0.05) is 0 Å². The van der Waals surface area contributed by atoms with Gasteiger partial charge in [-0.25, -0.2) is 0 Å². The van der Waals surface area contributed by atoms with Crippen LogP contribution in [0.2, 0.25) is 0 Å². The number of hydrogen-bond donors (Lipinski definition) is 0. The molecule has 3 nitrogen and oxygen atoms in total. The van der Waals surface area contributed by atoms with E-state index >= 15 is 0 Å². The zero-order valence-corrected chi connectivity index (χ0v) is 14.8. The zero-order chi connectivity index (χ0) is 17.6. The molecule has 0 saturated carbocycles. The average Bonchev–Trinajstić information content (AvgIpc) is 2.42. The third-order valence-corrected chi connectivity index (χ3v) is 3.65. The van der Waals surface area contributed by atoms with Crippen LogP contribution in [-0.4, -0.2) is 25.4 Å². The van der Waals surface area contributed by atoms with E-state index in [9.17, 15) is 18.0 Å². The fourth-order valence-corrected chi connectivity index (χ4v) is 2.60. The van der Waals surface area contributed by atoms with Crippen LogP contribution in [-0.2, 0) is 9.53 Å². The van der Waals surface area contributed by atoms with Crippen LogP contribution >= 0.6 is 15.9 Å². The Kier molecular flexibility index (Phi) is 7.38. The Morgan fingerprint density at radius 3 is 2.43 bits per heavy atom. The molecule has 0 aromatic heterocycles. The van der Waals surface area contributed by atoms with Crippen LogP contribution in [0.1, 0.15) is 38.7 Å². The Bertz CT molecular complexity index is 530. The summed E-state index contributed by atoms with van der Waals surface area (Å²) in [5, 5.41) is 0. The molecule has 0 bridgehead atoms. The predicted molar refractivity (Wildman–Crippen MR) is 84.5 cm³/mol. The van der Waals surface area contributed by atoms with Crippen molar-refractivity contribution >= 4 is 21.9 Å². The van der Waals surface area contributed by atoms with Crippen LogP contribution < -0.4 is 4.74 Å². The van der Waals surface area contributed by atoms with Gasteiger partial charge in [-0.2, -0.15) is 13.2 Å². The number of carbonyl (C=O) groups is 1. The van der Waals surface area contributed by atoms with E-state index in [2.05, 4.69) is 15.9 Å². The van der Waals surface area contributed by atoms with Gasteiger partial charge in [-0.15, -0.1) is 0 Å². The summed E-state index contributed by atoms with van der Waals surface area (Å²) in [4.78, 5) is 12.1. The molecule has 0 fully saturated rings. The van der Waals surface area contributed by atoms with Crippen molar-refractivity contribution in [2.24, 2.45) is 5.92 Å². The first-order valence-electron chi connectivity index (χ1n) is 7.29. The van der Waals surface area contributed by atoms with Gasteiger partial charge < -0.3 is 9.47 Å². The third-order valence-electron chi connectivity index (χ3n) is 3.03. The van der Waals surface area contributed by atoms with Gasteiger partial charge in [-0.1, -0.05) is 19.9 Å². The molecule has 1 aromatic rings. The van der Waals surface area contributed by atoms with E-state index in [4.69, 9.17) is 9.47 Å². The summed E-state index contributed by atoms with van der Waals surface area (Å²) in [6, 6.07) is 4.63. The van der Waals surface area contributed by atoms with E-state index in [-0.39, 0.29) is 24.2 Å². The molecule has 0 spiro atoms. The number of alkyl halides is 3. The summed E-state index contributed by atoms with van der Waals surface area (Å²) in [6.45, 7) is 4.62. The van der Waals surface area contributed by atoms with E-state index in [1.165, 1.54) is 6.07 Å². The number of carbonyl (C=O) groups excluding carboxylic acids is 1. The van der Waals surface area contributed by atoms with Crippen molar-refractivity contribution in [3.8, 4) is 5.75 Å².